The Hall–Kier alpha value is -0.380. The van der Waals surface area contributed by atoms with Gasteiger partial charge in [-0.15, -0.1) is 0 Å². The molecule has 0 heterocycles. The molecule has 0 bridgehead atoms. The van der Waals surface area contributed by atoms with Crippen LogP contribution in [0.1, 0.15) is 19.3 Å². The van der Waals surface area contributed by atoms with Crippen molar-refractivity contribution in [1.82, 2.24) is 0 Å². The van der Waals surface area contributed by atoms with Crippen LogP contribution in [0.5, 0.6) is 0 Å². The summed E-state index contributed by atoms with van der Waals surface area (Å²) in [5.74, 6) is -0.630. The minimum Gasteiger partial charge on any atom is -0.469 e. The summed E-state index contributed by atoms with van der Waals surface area (Å²) < 4.78 is 15.7. The SMILES string of the molecule is COC(=O)CP(=O)(O)CCCCCN. The Bertz CT molecular complexity index is 219. The second-order valence-electron chi connectivity index (χ2n) is 3.15. The Morgan fingerprint density at radius 2 is 2.07 bits per heavy atom. The van der Waals surface area contributed by atoms with Crippen LogP contribution in [0.4, 0.5) is 0 Å². The van der Waals surface area contributed by atoms with Gasteiger partial charge in [0.15, 0.2) is 0 Å². The zero-order chi connectivity index (χ0) is 11.0. The Morgan fingerprint density at radius 1 is 1.43 bits per heavy atom. The highest BCUT2D eigenvalue weighted by Gasteiger charge is 2.22. The van der Waals surface area contributed by atoms with Gasteiger partial charge < -0.3 is 15.4 Å². The highest BCUT2D eigenvalue weighted by atomic mass is 31.2. The summed E-state index contributed by atoms with van der Waals surface area (Å²) in [6.45, 7) is 0.590. The molecule has 0 aliphatic heterocycles. The van der Waals surface area contributed by atoms with Gasteiger partial charge in [-0.05, 0) is 19.4 Å². The van der Waals surface area contributed by atoms with Crippen molar-refractivity contribution >= 4 is 13.3 Å². The molecule has 0 aliphatic rings. The second kappa shape index (κ2) is 6.98. The number of hydrogen-bond acceptors (Lipinski definition) is 4. The number of nitrogens with two attached hydrogens (primary N) is 1. The van der Waals surface area contributed by atoms with E-state index in [1.165, 1.54) is 7.11 Å². The van der Waals surface area contributed by atoms with Gasteiger partial charge >= 0.3 is 5.97 Å². The van der Waals surface area contributed by atoms with E-state index in [2.05, 4.69) is 4.74 Å². The third-order valence-corrected chi connectivity index (χ3v) is 3.58. The van der Waals surface area contributed by atoms with Crippen molar-refractivity contribution < 1.29 is 19.0 Å². The van der Waals surface area contributed by atoms with Gasteiger partial charge in [0.1, 0.15) is 6.16 Å². The van der Waals surface area contributed by atoms with Crippen LogP contribution in [0.3, 0.4) is 0 Å². The van der Waals surface area contributed by atoms with Crippen LogP contribution in [-0.4, -0.2) is 36.8 Å². The van der Waals surface area contributed by atoms with E-state index in [0.29, 0.717) is 13.0 Å². The quantitative estimate of drug-likeness (QED) is 0.374. The number of carbonyl (C=O) groups is 1. The molecule has 0 aromatic rings. The van der Waals surface area contributed by atoms with Gasteiger partial charge in [-0.3, -0.25) is 9.36 Å². The molecule has 0 amide bonds. The van der Waals surface area contributed by atoms with E-state index in [1.807, 2.05) is 0 Å². The van der Waals surface area contributed by atoms with Gasteiger partial charge in [-0.25, -0.2) is 0 Å². The fourth-order valence-electron chi connectivity index (χ4n) is 1.03. The highest BCUT2D eigenvalue weighted by Crippen LogP contribution is 2.41. The molecule has 0 rings (SSSR count). The fraction of sp³-hybridized carbons (Fsp3) is 0.875. The Kier molecular flexibility index (Phi) is 6.79. The molecule has 1 atom stereocenters. The molecular weight excluding hydrogens is 205 g/mol. The normalized spacial score (nSPS) is 14.8. The smallest absolute Gasteiger partial charge is 0.315 e. The highest BCUT2D eigenvalue weighted by molar-refractivity contribution is 7.58. The summed E-state index contributed by atoms with van der Waals surface area (Å²) in [4.78, 5) is 20.1. The molecular formula is C8H18NO4P. The molecule has 0 spiro atoms. The summed E-state index contributed by atoms with van der Waals surface area (Å²) in [6, 6.07) is 0. The monoisotopic (exact) mass is 223 g/mol. The molecule has 0 radical (unpaired) electrons. The number of rotatable bonds is 7. The van der Waals surface area contributed by atoms with Gasteiger partial charge in [0.25, 0.3) is 0 Å². The molecule has 0 fully saturated rings. The van der Waals surface area contributed by atoms with Crippen LogP contribution < -0.4 is 5.73 Å². The predicted octanol–water partition coefficient (Wildman–Crippen LogP) is 0.559. The van der Waals surface area contributed by atoms with Crippen molar-refractivity contribution in [1.29, 1.82) is 0 Å². The summed E-state index contributed by atoms with van der Waals surface area (Å²) in [5.41, 5.74) is 5.27. The first-order valence-corrected chi connectivity index (χ1v) is 6.62. The van der Waals surface area contributed by atoms with E-state index in [4.69, 9.17) is 5.73 Å². The standard InChI is InChI=1S/C8H18NO4P/c1-13-8(10)7-14(11,12)6-4-2-3-5-9/h2-7,9H2,1H3,(H,11,12). The largest absolute Gasteiger partial charge is 0.469 e. The molecule has 6 heteroatoms. The summed E-state index contributed by atoms with van der Waals surface area (Å²) in [7, 11) is -2.12. The maximum Gasteiger partial charge on any atom is 0.315 e. The summed E-state index contributed by atoms with van der Waals surface area (Å²) in [5, 5.41) is 0. The van der Waals surface area contributed by atoms with Gasteiger partial charge in [-0.2, -0.15) is 0 Å². The maximum atomic E-state index is 11.4. The summed E-state index contributed by atoms with van der Waals surface area (Å²) in [6.07, 6.45) is 2.08. The van der Waals surface area contributed by atoms with E-state index in [-0.39, 0.29) is 12.3 Å². The van der Waals surface area contributed by atoms with Gasteiger partial charge in [0, 0.05) is 6.16 Å². The topological polar surface area (TPSA) is 89.6 Å². The van der Waals surface area contributed by atoms with Crippen molar-refractivity contribution in [3.8, 4) is 0 Å². The number of esters is 1. The molecule has 14 heavy (non-hydrogen) atoms. The van der Waals surface area contributed by atoms with Crippen LogP contribution >= 0.6 is 7.37 Å². The van der Waals surface area contributed by atoms with Crippen molar-refractivity contribution in [3.63, 3.8) is 0 Å². The Morgan fingerprint density at radius 3 is 2.57 bits per heavy atom. The van der Waals surface area contributed by atoms with Crippen molar-refractivity contribution in [2.75, 3.05) is 26.0 Å². The summed E-state index contributed by atoms with van der Waals surface area (Å²) >= 11 is 0. The number of ether oxygens (including phenoxy) is 1. The van der Waals surface area contributed by atoms with Gasteiger partial charge in [-0.1, -0.05) is 6.42 Å². The Balaban J connectivity index is 3.72. The third-order valence-electron chi connectivity index (χ3n) is 1.82. The number of unbranched alkanes of at least 4 members (excludes halogenated alkanes) is 2. The van der Waals surface area contributed by atoms with Gasteiger partial charge in [0.2, 0.25) is 7.37 Å². The molecule has 5 nitrogen and oxygen atoms in total. The molecule has 0 saturated heterocycles. The lowest BCUT2D eigenvalue weighted by molar-refractivity contribution is -0.137. The van der Waals surface area contributed by atoms with Gasteiger partial charge in [0.05, 0.1) is 7.11 Å². The van der Waals surface area contributed by atoms with Crippen molar-refractivity contribution in [2.24, 2.45) is 5.73 Å². The average molecular weight is 223 g/mol. The van der Waals surface area contributed by atoms with E-state index < -0.39 is 13.3 Å². The molecule has 1 unspecified atom stereocenters. The Labute approximate surface area is 84.1 Å². The lowest BCUT2D eigenvalue weighted by Crippen LogP contribution is -2.09. The molecule has 3 N–H and O–H groups in total. The maximum absolute atomic E-state index is 11.4. The zero-order valence-corrected chi connectivity index (χ0v) is 9.33. The lowest BCUT2D eigenvalue weighted by atomic mass is 10.2. The molecule has 0 saturated carbocycles. The minimum absolute atomic E-state index is 0.169. The van der Waals surface area contributed by atoms with E-state index in [0.717, 1.165) is 12.8 Å². The molecule has 0 aliphatic carbocycles. The van der Waals surface area contributed by atoms with Crippen LogP contribution in [0.15, 0.2) is 0 Å². The van der Waals surface area contributed by atoms with E-state index in [9.17, 15) is 14.3 Å². The predicted molar refractivity (Wildman–Crippen MR) is 54.5 cm³/mol. The molecule has 0 aromatic carbocycles. The average Bonchev–Trinajstić information content (AvgIpc) is 2.12. The zero-order valence-electron chi connectivity index (χ0n) is 8.44. The minimum atomic E-state index is -3.32. The first-order chi connectivity index (χ1) is 6.52. The number of methoxy groups -OCH3 is 1. The van der Waals surface area contributed by atoms with Crippen molar-refractivity contribution in [3.05, 3.63) is 0 Å². The van der Waals surface area contributed by atoms with Crippen LogP contribution in [0, 0.1) is 0 Å². The van der Waals surface area contributed by atoms with Crippen LogP contribution in [0.25, 0.3) is 0 Å². The molecule has 84 valence electrons. The van der Waals surface area contributed by atoms with E-state index >= 15 is 0 Å². The fourth-order valence-corrected chi connectivity index (χ4v) is 2.43. The van der Waals surface area contributed by atoms with Crippen LogP contribution in [-0.2, 0) is 14.1 Å². The number of carbonyl (C=O) groups excluding carboxylic acids is 1. The van der Waals surface area contributed by atoms with Crippen molar-refractivity contribution in [2.45, 2.75) is 19.3 Å². The van der Waals surface area contributed by atoms with E-state index in [1.54, 1.807) is 0 Å². The second-order valence-corrected chi connectivity index (χ2v) is 5.61. The first kappa shape index (κ1) is 13.6. The third kappa shape index (κ3) is 7.06. The molecule has 0 aromatic heterocycles. The lowest BCUT2D eigenvalue weighted by Gasteiger charge is -2.09. The van der Waals surface area contributed by atoms with Crippen LogP contribution in [0.2, 0.25) is 0 Å². The number of hydrogen-bond donors (Lipinski definition) is 2. The first-order valence-electron chi connectivity index (χ1n) is 4.59.